The molecular formula is C28H25N3O3S2. The lowest BCUT2D eigenvalue weighted by Gasteiger charge is -2.29. The average molecular weight is 516 g/mol. The molecule has 4 rings (SSSR count). The molecule has 0 saturated carbocycles. The van der Waals surface area contributed by atoms with Crippen molar-refractivity contribution in [3.63, 3.8) is 0 Å². The van der Waals surface area contributed by atoms with Gasteiger partial charge in [-0.1, -0.05) is 36.0 Å². The van der Waals surface area contributed by atoms with Crippen LogP contribution < -0.4 is 15.4 Å². The Labute approximate surface area is 218 Å². The molecule has 182 valence electrons. The SMILES string of the molecule is COc1ccc(C(=O)CSC2=C(C#N)C(c3cccs3)C(C(=O)Nc3ccccc3C)=C(C)N2)cc1. The van der Waals surface area contributed by atoms with Crippen molar-refractivity contribution in [1.82, 2.24) is 5.32 Å². The molecule has 6 nitrogen and oxygen atoms in total. The number of para-hydroxylation sites is 1. The number of Topliss-reactive ketones (excluding diaryl/α,β-unsaturated/α-hetero) is 1. The molecule has 0 spiro atoms. The number of nitrogens with one attached hydrogen (secondary N) is 2. The highest BCUT2D eigenvalue weighted by atomic mass is 32.2. The van der Waals surface area contributed by atoms with Crippen molar-refractivity contribution in [2.24, 2.45) is 0 Å². The number of anilines is 1. The maximum absolute atomic E-state index is 13.5. The van der Waals surface area contributed by atoms with Crippen LogP contribution in [0.5, 0.6) is 5.75 Å². The number of aryl methyl sites for hydroxylation is 1. The summed E-state index contributed by atoms with van der Waals surface area (Å²) in [5, 5.41) is 18.9. The lowest BCUT2D eigenvalue weighted by molar-refractivity contribution is -0.113. The van der Waals surface area contributed by atoms with E-state index in [1.165, 1.54) is 23.1 Å². The second kappa shape index (κ2) is 11.3. The Balaban J connectivity index is 1.62. The maximum Gasteiger partial charge on any atom is 0.254 e. The van der Waals surface area contributed by atoms with Crippen LogP contribution >= 0.6 is 23.1 Å². The molecule has 1 amide bonds. The second-order valence-corrected chi connectivity index (χ2v) is 10.1. The number of nitrogens with zero attached hydrogens (tertiary/aromatic N) is 1. The van der Waals surface area contributed by atoms with E-state index in [-0.39, 0.29) is 17.4 Å². The first-order valence-corrected chi connectivity index (χ1v) is 13.1. The molecule has 3 aromatic rings. The van der Waals surface area contributed by atoms with Gasteiger partial charge in [0.15, 0.2) is 5.78 Å². The lowest BCUT2D eigenvalue weighted by atomic mass is 9.86. The molecule has 1 aliphatic rings. The highest BCUT2D eigenvalue weighted by molar-refractivity contribution is 8.03. The third kappa shape index (κ3) is 5.38. The monoisotopic (exact) mass is 515 g/mol. The summed E-state index contributed by atoms with van der Waals surface area (Å²) in [5.74, 6) is -0.0299. The van der Waals surface area contributed by atoms with Gasteiger partial charge in [0.05, 0.1) is 35.5 Å². The molecule has 0 saturated heterocycles. The van der Waals surface area contributed by atoms with Crippen LogP contribution in [0.4, 0.5) is 5.69 Å². The number of methoxy groups -OCH3 is 1. The van der Waals surface area contributed by atoms with Crippen molar-refractivity contribution < 1.29 is 14.3 Å². The minimum atomic E-state index is -0.529. The summed E-state index contributed by atoms with van der Waals surface area (Å²) >= 11 is 2.76. The van der Waals surface area contributed by atoms with Gasteiger partial charge in [-0.3, -0.25) is 9.59 Å². The summed E-state index contributed by atoms with van der Waals surface area (Å²) in [6.45, 7) is 3.76. The zero-order chi connectivity index (χ0) is 25.7. The summed E-state index contributed by atoms with van der Waals surface area (Å²) in [7, 11) is 1.58. The number of benzene rings is 2. The Morgan fingerprint density at radius 2 is 1.86 bits per heavy atom. The number of carbonyl (C=O) groups is 2. The topological polar surface area (TPSA) is 91.2 Å². The van der Waals surface area contributed by atoms with E-state index < -0.39 is 5.92 Å². The van der Waals surface area contributed by atoms with Crippen LogP contribution in [0.3, 0.4) is 0 Å². The number of dihydropyridines is 1. The highest BCUT2D eigenvalue weighted by Crippen LogP contribution is 2.42. The molecule has 1 aliphatic heterocycles. The number of hydrogen-bond acceptors (Lipinski definition) is 7. The average Bonchev–Trinajstić information content (AvgIpc) is 3.43. The number of rotatable bonds is 8. The predicted octanol–water partition coefficient (Wildman–Crippen LogP) is 6.02. The van der Waals surface area contributed by atoms with Crippen LogP contribution in [0, 0.1) is 18.3 Å². The Morgan fingerprint density at radius 1 is 1.11 bits per heavy atom. The fourth-order valence-electron chi connectivity index (χ4n) is 3.97. The summed E-state index contributed by atoms with van der Waals surface area (Å²) in [5.41, 5.74) is 3.80. The Morgan fingerprint density at radius 3 is 2.50 bits per heavy atom. The maximum atomic E-state index is 13.5. The number of ether oxygens (including phenoxy) is 1. The van der Waals surface area contributed by atoms with Crippen molar-refractivity contribution >= 4 is 40.5 Å². The van der Waals surface area contributed by atoms with Gasteiger partial charge >= 0.3 is 0 Å². The third-order valence-electron chi connectivity index (χ3n) is 5.87. The molecule has 8 heteroatoms. The molecule has 2 N–H and O–H groups in total. The predicted molar refractivity (Wildman–Crippen MR) is 145 cm³/mol. The number of allylic oxidation sites excluding steroid dienone is 2. The highest BCUT2D eigenvalue weighted by Gasteiger charge is 2.35. The van der Waals surface area contributed by atoms with Crippen molar-refractivity contribution in [3.05, 3.63) is 104 Å². The molecule has 2 heterocycles. The lowest BCUT2D eigenvalue weighted by Crippen LogP contribution is -2.30. The number of hydrogen-bond donors (Lipinski definition) is 2. The van der Waals surface area contributed by atoms with E-state index in [0.29, 0.717) is 33.2 Å². The van der Waals surface area contributed by atoms with Crippen molar-refractivity contribution in [2.75, 3.05) is 18.2 Å². The summed E-state index contributed by atoms with van der Waals surface area (Å²) in [6, 6.07) is 20.7. The van der Waals surface area contributed by atoms with Crippen molar-refractivity contribution in [1.29, 1.82) is 5.26 Å². The van der Waals surface area contributed by atoms with Gasteiger partial charge in [-0.15, -0.1) is 11.3 Å². The molecule has 1 aromatic heterocycles. The van der Waals surface area contributed by atoms with E-state index in [0.717, 1.165) is 16.1 Å². The summed E-state index contributed by atoms with van der Waals surface area (Å²) in [6.07, 6.45) is 0. The van der Waals surface area contributed by atoms with Crippen LogP contribution in [0.15, 0.2) is 87.9 Å². The molecule has 0 radical (unpaired) electrons. The van der Waals surface area contributed by atoms with Crippen molar-refractivity contribution in [3.8, 4) is 11.8 Å². The number of thiophene rings is 1. The van der Waals surface area contributed by atoms with Gasteiger partial charge in [0.25, 0.3) is 5.91 Å². The standard InChI is InChI=1S/C28H25N3O3S2/c1-17-7-4-5-8-22(17)31-27(33)25-18(2)30-28(21(15-29)26(25)24-9-6-14-35-24)36-16-23(32)19-10-12-20(34-3)13-11-19/h4-14,26,30H,16H2,1-3H3,(H,31,33). The van der Waals surface area contributed by atoms with Crippen LogP contribution in [-0.4, -0.2) is 24.6 Å². The van der Waals surface area contributed by atoms with Crippen molar-refractivity contribution in [2.45, 2.75) is 19.8 Å². The molecule has 36 heavy (non-hydrogen) atoms. The zero-order valence-electron chi connectivity index (χ0n) is 20.1. The van der Waals surface area contributed by atoms with Gasteiger partial charge in [0.2, 0.25) is 0 Å². The third-order valence-corrected chi connectivity index (χ3v) is 7.83. The number of amides is 1. The van der Waals surface area contributed by atoms with E-state index in [1.807, 2.05) is 55.6 Å². The number of nitriles is 1. The van der Waals surface area contributed by atoms with Gasteiger partial charge in [0.1, 0.15) is 5.75 Å². The number of thioether (sulfide) groups is 1. The molecule has 1 atom stereocenters. The fourth-order valence-corrected chi connectivity index (χ4v) is 5.80. The van der Waals surface area contributed by atoms with Gasteiger partial charge in [-0.25, -0.2) is 0 Å². The largest absolute Gasteiger partial charge is 0.497 e. The number of carbonyl (C=O) groups excluding carboxylic acids is 2. The van der Waals surface area contributed by atoms with Crippen LogP contribution in [0.1, 0.15) is 33.6 Å². The fraction of sp³-hybridized carbons (Fsp3) is 0.179. The van der Waals surface area contributed by atoms with E-state index >= 15 is 0 Å². The minimum absolute atomic E-state index is 0.0633. The summed E-state index contributed by atoms with van der Waals surface area (Å²) < 4.78 is 5.16. The van der Waals surface area contributed by atoms with Gasteiger partial charge in [-0.2, -0.15) is 5.26 Å². The molecule has 0 fully saturated rings. The molecular weight excluding hydrogens is 490 g/mol. The summed E-state index contributed by atoms with van der Waals surface area (Å²) in [4.78, 5) is 27.2. The first-order valence-electron chi connectivity index (χ1n) is 11.3. The quantitative estimate of drug-likeness (QED) is 0.357. The molecule has 0 bridgehead atoms. The van der Waals surface area contributed by atoms with Crippen LogP contribution in [-0.2, 0) is 4.79 Å². The van der Waals surface area contributed by atoms with E-state index in [2.05, 4.69) is 16.7 Å². The Hall–Kier alpha value is -3.80. The molecule has 0 aliphatic carbocycles. The first-order chi connectivity index (χ1) is 17.4. The smallest absolute Gasteiger partial charge is 0.254 e. The van der Waals surface area contributed by atoms with E-state index in [9.17, 15) is 14.9 Å². The van der Waals surface area contributed by atoms with Gasteiger partial charge in [0, 0.05) is 27.4 Å². The minimum Gasteiger partial charge on any atom is -0.497 e. The number of ketones is 1. The first kappa shape index (κ1) is 25.3. The normalized spacial score (nSPS) is 15.2. The zero-order valence-corrected chi connectivity index (χ0v) is 21.8. The second-order valence-electron chi connectivity index (χ2n) is 8.18. The molecule has 2 aromatic carbocycles. The molecule has 1 unspecified atom stereocenters. The van der Waals surface area contributed by atoms with Gasteiger partial charge < -0.3 is 15.4 Å². The Kier molecular flexibility index (Phi) is 7.93. The van der Waals surface area contributed by atoms with E-state index in [4.69, 9.17) is 4.74 Å². The van der Waals surface area contributed by atoms with Gasteiger partial charge in [-0.05, 0) is 61.2 Å². The Bertz CT molecular complexity index is 1380. The van der Waals surface area contributed by atoms with Crippen LogP contribution in [0.2, 0.25) is 0 Å². The van der Waals surface area contributed by atoms with E-state index in [1.54, 1.807) is 31.4 Å². The van der Waals surface area contributed by atoms with Crippen LogP contribution in [0.25, 0.3) is 0 Å².